The number of carbonyl (C=O) groups excluding carboxylic acids is 1. The van der Waals surface area contributed by atoms with Crippen LogP contribution in [0.3, 0.4) is 0 Å². The van der Waals surface area contributed by atoms with Crippen molar-refractivity contribution < 1.29 is 9.53 Å². The number of anilines is 2. The number of primary amides is 1. The van der Waals surface area contributed by atoms with Crippen molar-refractivity contribution in [2.24, 2.45) is 5.73 Å². The molecule has 1 fully saturated rings. The summed E-state index contributed by atoms with van der Waals surface area (Å²) in [6, 6.07) is 5.42. The number of nitrogens with two attached hydrogens (primary N) is 2. The number of amides is 1. The molecule has 0 saturated carbocycles. The van der Waals surface area contributed by atoms with Crippen molar-refractivity contribution in [3.05, 3.63) is 23.8 Å². The molecular formula is C15H23N3O2. The number of para-hydroxylation sites is 1. The van der Waals surface area contributed by atoms with Gasteiger partial charge in [-0.3, -0.25) is 4.79 Å². The minimum Gasteiger partial charge on any atom is -0.396 e. The number of hydrogen-bond acceptors (Lipinski definition) is 4. The topological polar surface area (TPSA) is 81.6 Å². The van der Waals surface area contributed by atoms with Crippen LogP contribution in [0.15, 0.2) is 18.2 Å². The molecule has 0 aromatic heterocycles. The molecule has 2 rings (SSSR count). The first kappa shape index (κ1) is 14.7. The first-order valence-corrected chi connectivity index (χ1v) is 7.18. The highest BCUT2D eigenvalue weighted by atomic mass is 16.5. The van der Waals surface area contributed by atoms with Crippen molar-refractivity contribution in [3.63, 3.8) is 0 Å². The molecule has 1 aliphatic heterocycles. The van der Waals surface area contributed by atoms with Gasteiger partial charge in [-0.1, -0.05) is 13.0 Å². The predicted octanol–water partition coefficient (Wildman–Crippen LogP) is 1.76. The molecule has 20 heavy (non-hydrogen) atoms. The molecule has 1 aromatic rings. The van der Waals surface area contributed by atoms with Gasteiger partial charge in [-0.25, -0.2) is 0 Å². The van der Waals surface area contributed by atoms with Crippen LogP contribution in [-0.4, -0.2) is 31.7 Å². The number of benzene rings is 1. The van der Waals surface area contributed by atoms with Crippen molar-refractivity contribution >= 4 is 17.3 Å². The Morgan fingerprint density at radius 1 is 1.50 bits per heavy atom. The third-order valence-corrected chi connectivity index (χ3v) is 3.63. The fraction of sp³-hybridized carbons (Fsp3) is 0.533. The van der Waals surface area contributed by atoms with E-state index in [1.54, 1.807) is 6.07 Å². The lowest BCUT2D eigenvalue weighted by Crippen LogP contribution is -2.40. The summed E-state index contributed by atoms with van der Waals surface area (Å²) in [7, 11) is 0. The third kappa shape index (κ3) is 3.22. The molecule has 110 valence electrons. The smallest absolute Gasteiger partial charge is 0.250 e. The zero-order valence-electron chi connectivity index (χ0n) is 12.0. The van der Waals surface area contributed by atoms with Crippen LogP contribution >= 0.6 is 0 Å². The molecule has 1 amide bonds. The maximum absolute atomic E-state index is 11.4. The van der Waals surface area contributed by atoms with Gasteiger partial charge in [-0.05, 0) is 31.4 Å². The van der Waals surface area contributed by atoms with Gasteiger partial charge in [-0.2, -0.15) is 0 Å². The summed E-state index contributed by atoms with van der Waals surface area (Å²) in [6.07, 6.45) is 3.40. The van der Waals surface area contributed by atoms with Crippen LogP contribution in [0.25, 0.3) is 0 Å². The van der Waals surface area contributed by atoms with E-state index < -0.39 is 5.91 Å². The van der Waals surface area contributed by atoms with Crippen molar-refractivity contribution in [1.29, 1.82) is 0 Å². The summed E-state index contributed by atoms with van der Waals surface area (Å²) in [5.41, 5.74) is 13.2. The Bertz CT molecular complexity index is 476. The molecule has 1 aromatic carbocycles. The molecule has 0 aliphatic carbocycles. The fourth-order valence-corrected chi connectivity index (χ4v) is 2.62. The number of rotatable bonds is 5. The molecule has 1 saturated heterocycles. The Morgan fingerprint density at radius 2 is 2.30 bits per heavy atom. The SMILES string of the molecule is CCCOC1CCCN(c2cccc(C(N)=O)c2N)C1. The van der Waals surface area contributed by atoms with E-state index in [9.17, 15) is 4.79 Å². The molecule has 5 nitrogen and oxygen atoms in total. The van der Waals surface area contributed by atoms with Gasteiger partial charge < -0.3 is 21.1 Å². The summed E-state index contributed by atoms with van der Waals surface area (Å²) >= 11 is 0. The van der Waals surface area contributed by atoms with Gasteiger partial charge in [0.25, 0.3) is 5.91 Å². The molecule has 0 radical (unpaired) electrons. The molecule has 5 heteroatoms. The van der Waals surface area contributed by atoms with Gasteiger partial charge in [0.15, 0.2) is 0 Å². The van der Waals surface area contributed by atoms with E-state index in [4.69, 9.17) is 16.2 Å². The number of nitrogens with zero attached hydrogens (tertiary/aromatic N) is 1. The Hall–Kier alpha value is -1.75. The summed E-state index contributed by atoms with van der Waals surface area (Å²) in [6.45, 7) is 4.63. The van der Waals surface area contributed by atoms with Crippen LogP contribution in [0, 0.1) is 0 Å². The van der Waals surface area contributed by atoms with Crippen LogP contribution in [0.4, 0.5) is 11.4 Å². The highest BCUT2D eigenvalue weighted by Gasteiger charge is 2.23. The molecule has 1 aliphatic rings. The lowest BCUT2D eigenvalue weighted by atomic mass is 10.0. The van der Waals surface area contributed by atoms with Crippen LogP contribution in [0.2, 0.25) is 0 Å². The molecular weight excluding hydrogens is 254 g/mol. The number of ether oxygens (including phenoxy) is 1. The minimum absolute atomic E-state index is 0.236. The maximum atomic E-state index is 11.4. The lowest BCUT2D eigenvalue weighted by Gasteiger charge is -2.35. The second kappa shape index (κ2) is 6.61. The van der Waals surface area contributed by atoms with Crippen LogP contribution in [-0.2, 0) is 4.74 Å². The normalized spacial score (nSPS) is 19.1. The Balaban J connectivity index is 2.14. The first-order chi connectivity index (χ1) is 9.63. The van der Waals surface area contributed by atoms with Gasteiger partial charge in [-0.15, -0.1) is 0 Å². The van der Waals surface area contributed by atoms with Crippen molar-refractivity contribution in [2.45, 2.75) is 32.3 Å². The third-order valence-electron chi connectivity index (χ3n) is 3.63. The van der Waals surface area contributed by atoms with E-state index in [-0.39, 0.29) is 6.10 Å². The van der Waals surface area contributed by atoms with Gasteiger partial charge >= 0.3 is 0 Å². The molecule has 0 spiro atoms. The predicted molar refractivity (Wildman–Crippen MR) is 80.9 cm³/mol. The quantitative estimate of drug-likeness (QED) is 0.804. The van der Waals surface area contributed by atoms with Crippen LogP contribution < -0.4 is 16.4 Å². The molecule has 1 heterocycles. The first-order valence-electron chi connectivity index (χ1n) is 7.18. The van der Waals surface area contributed by atoms with E-state index in [2.05, 4.69) is 11.8 Å². The Kier molecular flexibility index (Phi) is 4.84. The summed E-state index contributed by atoms with van der Waals surface area (Å²) < 4.78 is 5.83. The van der Waals surface area contributed by atoms with E-state index in [1.807, 2.05) is 12.1 Å². The second-order valence-electron chi connectivity index (χ2n) is 5.18. The average molecular weight is 277 g/mol. The zero-order chi connectivity index (χ0) is 14.5. The minimum atomic E-state index is -0.486. The number of hydrogen-bond donors (Lipinski definition) is 2. The van der Waals surface area contributed by atoms with Gasteiger partial charge in [0.1, 0.15) is 0 Å². The van der Waals surface area contributed by atoms with E-state index in [0.717, 1.165) is 44.6 Å². The van der Waals surface area contributed by atoms with Crippen LogP contribution in [0.1, 0.15) is 36.5 Å². The number of nitrogen functional groups attached to an aromatic ring is 1. The van der Waals surface area contributed by atoms with Crippen LogP contribution in [0.5, 0.6) is 0 Å². The highest BCUT2D eigenvalue weighted by molar-refractivity contribution is 6.00. The van der Waals surface area contributed by atoms with Gasteiger partial charge in [0, 0.05) is 19.7 Å². The summed E-state index contributed by atoms with van der Waals surface area (Å²) in [4.78, 5) is 13.5. The maximum Gasteiger partial charge on any atom is 0.250 e. The highest BCUT2D eigenvalue weighted by Crippen LogP contribution is 2.29. The standard InChI is InChI=1S/C15H23N3O2/c1-2-9-20-11-5-4-8-18(10-11)13-7-3-6-12(14(13)16)15(17)19/h3,6-7,11H,2,4-5,8-10,16H2,1H3,(H2,17,19). The molecule has 0 bridgehead atoms. The van der Waals surface area contributed by atoms with E-state index in [1.165, 1.54) is 0 Å². The van der Waals surface area contributed by atoms with Crippen molar-refractivity contribution in [2.75, 3.05) is 30.3 Å². The van der Waals surface area contributed by atoms with Gasteiger partial charge in [0.2, 0.25) is 0 Å². The Labute approximate surface area is 119 Å². The molecule has 1 unspecified atom stereocenters. The summed E-state index contributed by atoms with van der Waals surface area (Å²) in [5, 5.41) is 0. The monoisotopic (exact) mass is 277 g/mol. The van der Waals surface area contributed by atoms with E-state index >= 15 is 0 Å². The Morgan fingerprint density at radius 3 is 3.00 bits per heavy atom. The number of piperidine rings is 1. The number of carbonyl (C=O) groups is 1. The zero-order valence-corrected chi connectivity index (χ0v) is 12.0. The fourth-order valence-electron chi connectivity index (χ4n) is 2.62. The molecule has 4 N–H and O–H groups in total. The lowest BCUT2D eigenvalue weighted by molar-refractivity contribution is 0.0441. The average Bonchev–Trinajstić information content (AvgIpc) is 2.45. The van der Waals surface area contributed by atoms with Gasteiger partial charge in [0.05, 0.1) is 23.0 Å². The summed E-state index contributed by atoms with van der Waals surface area (Å²) in [5.74, 6) is -0.486. The van der Waals surface area contributed by atoms with E-state index in [0.29, 0.717) is 11.3 Å². The second-order valence-corrected chi connectivity index (χ2v) is 5.18. The largest absolute Gasteiger partial charge is 0.396 e. The van der Waals surface area contributed by atoms with Crippen molar-refractivity contribution in [1.82, 2.24) is 0 Å². The van der Waals surface area contributed by atoms with Crippen molar-refractivity contribution in [3.8, 4) is 0 Å². The molecule has 1 atom stereocenters.